The number of amides is 5. The number of Topliss-reactive ketones (excluding diaryl/α,β-unsaturated/α-hetero) is 1. The maximum absolute atomic E-state index is 14.8. The van der Waals surface area contributed by atoms with E-state index in [1.807, 2.05) is 46.4 Å². The summed E-state index contributed by atoms with van der Waals surface area (Å²) in [7, 11) is 2.06. The zero-order valence-corrected chi connectivity index (χ0v) is 33.1. The van der Waals surface area contributed by atoms with Crippen molar-refractivity contribution in [1.82, 2.24) is 30.7 Å². The molecule has 2 saturated carbocycles. The van der Waals surface area contributed by atoms with Crippen LogP contribution in [0.2, 0.25) is 0 Å². The summed E-state index contributed by atoms with van der Waals surface area (Å²) in [6.07, 6.45) is 5.70. The quantitative estimate of drug-likeness (QED) is 0.328. The Balaban J connectivity index is 1.37. The summed E-state index contributed by atoms with van der Waals surface area (Å²) in [5.41, 5.74) is 5.80. The Morgan fingerprint density at radius 1 is 0.902 bits per heavy atom. The van der Waals surface area contributed by atoms with E-state index < -0.39 is 41.0 Å². The average molecular weight is 712 g/mol. The molecular formula is C39H65N7O5. The number of rotatable bonds is 6. The molecule has 0 aromatic rings. The molecule has 0 bridgehead atoms. The summed E-state index contributed by atoms with van der Waals surface area (Å²) >= 11 is 0. The van der Waals surface area contributed by atoms with Gasteiger partial charge in [-0.3, -0.25) is 24.1 Å². The molecule has 2 saturated heterocycles. The first kappa shape index (κ1) is 39.1. The minimum atomic E-state index is -0.987. The van der Waals surface area contributed by atoms with Gasteiger partial charge in [0.15, 0.2) is 0 Å². The number of likely N-dealkylation sites (N-methyl/N-ethyl adjacent to an activating group) is 1. The second-order valence-corrected chi connectivity index (χ2v) is 19.4. The van der Waals surface area contributed by atoms with Gasteiger partial charge in [-0.1, -0.05) is 61.8 Å². The number of nitrogens with one attached hydrogen (secondary N) is 3. The van der Waals surface area contributed by atoms with Crippen LogP contribution in [0.25, 0.3) is 0 Å². The smallest absolute Gasteiger partial charge is 0.316 e. The second-order valence-electron chi connectivity index (χ2n) is 19.4. The summed E-state index contributed by atoms with van der Waals surface area (Å²) in [6, 6.07) is -3.57. The molecule has 5 rings (SSSR count). The van der Waals surface area contributed by atoms with Gasteiger partial charge in [-0.2, -0.15) is 0 Å². The molecule has 0 aromatic carbocycles. The molecule has 4 fully saturated rings. The Kier molecular flexibility index (Phi) is 10.5. The summed E-state index contributed by atoms with van der Waals surface area (Å²) < 4.78 is 0. The van der Waals surface area contributed by atoms with Crippen LogP contribution in [0.3, 0.4) is 0 Å². The van der Waals surface area contributed by atoms with E-state index in [4.69, 9.17) is 5.73 Å². The lowest BCUT2D eigenvalue weighted by molar-refractivity contribution is -0.142. The van der Waals surface area contributed by atoms with E-state index in [-0.39, 0.29) is 58.0 Å². The van der Waals surface area contributed by atoms with Gasteiger partial charge in [0.05, 0.1) is 11.7 Å². The monoisotopic (exact) mass is 712 g/mol. The summed E-state index contributed by atoms with van der Waals surface area (Å²) in [5.74, 6) is -0.854. The predicted molar refractivity (Wildman–Crippen MR) is 197 cm³/mol. The van der Waals surface area contributed by atoms with Crippen LogP contribution >= 0.6 is 0 Å². The number of carbonyl (C=O) groups is 5. The third-order valence-corrected chi connectivity index (χ3v) is 13.4. The van der Waals surface area contributed by atoms with E-state index in [1.165, 1.54) is 0 Å². The number of nitrogens with zero attached hydrogens (tertiary/aromatic N) is 3. The third kappa shape index (κ3) is 7.40. The SMILES string of the molecule is C[C@@H]1CN(C(=O)C(NC(=O)NC(C(=O)N2C[C@]3(CCCC3(C)C)C[C@H]2C(=O)NC2CC3CCC3=C(N)C2=O)C(C)(C)C)C(C)(C)C)C[C@H](C)N1C. The Morgan fingerprint density at radius 2 is 1.47 bits per heavy atom. The van der Waals surface area contributed by atoms with Crippen LogP contribution in [0, 0.1) is 27.6 Å². The number of fused-ring (bicyclic) bond motifs is 1. The number of hydrogen-bond donors (Lipinski definition) is 4. The molecule has 12 heteroatoms. The number of allylic oxidation sites excluding steroid dienone is 1. The Labute approximate surface area is 305 Å². The van der Waals surface area contributed by atoms with Crippen molar-refractivity contribution >= 4 is 29.5 Å². The average Bonchev–Trinajstić information content (AvgIpc) is 3.54. The highest BCUT2D eigenvalue weighted by Gasteiger charge is 2.59. The Bertz CT molecular complexity index is 1450. The third-order valence-electron chi connectivity index (χ3n) is 13.4. The van der Waals surface area contributed by atoms with Crippen LogP contribution in [-0.2, 0) is 19.2 Å². The van der Waals surface area contributed by atoms with Crippen LogP contribution in [-0.4, -0.2) is 107 Å². The van der Waals surface area contributed by atoms with Crippen LogP contribution in [0.15, 0.2) is 11.3 Å². The van der Waals surface area contributed by atoms with Gasteiger partial charge in [-0.15, -0.1) is 0 Å². The first-order chi connectivity index (χ1) is 23.5. The highest BCUT2D eigenvalue weighted by atomic mass is 16.2. The van der Waals surface area contributed by atoms with Crippen molar-refractivity contribution < 1.29 is 24.0 Å². The minimum absolute atomic E-state index is 0.101. The first-order valence-corrected chi connectivity index (χ1v) is 19.2. The molecule has 0 radical (unpaired) electrons. The Hall–Kier alpha value is -3.15. The summed E-state index contributed by atoms with van der Waals surface area (Å²) in [6.45, 7) is 21.6. The van der Waals surface area contributed by atoms with Crippen LogP contribution < -0.4 is 21.7 Å². The summed E-state index contributed by atoms with van der Waals surface area (Å²) in [5, 5.41) is 8.93. The zero-order valence-electron chi connectivity index (χ0n) is 33.1. The molecule has 286 valence electrons. The lowest BCUT2D eigenvalue weighted by Gasteiger charge is -2.45. The highest BCUT2D eigenvalue weighted by Crippen LogP contribution is 2.59. The van der Waals surface area contributed by atoms with E-state index in [0.717, 1.165) is 37.7 Å². The van der Waals surface area contributed by atoms with E-state index >= 15 is 0 Å². The van der Waals surface area contributed by atoms with Crippen LogP contribution in [0.1, 0.15) is 114 Å². The van der Waals surface area contributed by atoms with Crippen molar-refractivity contribution in [3.8, 4) is 0 Å². The maximum Gasteiger partial charge on any atom is 0.316 e. The van der Waals surface area contributed by atoms with E-state index in [1.54, 1.807) is 4.90 Å². The van der Waals surface area contributed by atoms with Crippen molar-refractivity contribution in [2.24, 2.45) is 33.3 Å². The number of likely N-dealkylation sites (tertiary alicyclic amines) is 1. The number of urea groups is 1. The molecule has 8 atom stereocenters. The lowest BCUT2D eigenvalue weighted by Crippen LogP contribution is -2.64. The largest absolute Gasteiger partial charge is 0.396 e. The van der Waals surface area contributed by atoms with Crippen molar-refractivity contribution in [3.05, 3.63) is 11.3 Å². The molecule has 1 spiro atoms. The van der Waals surface area contributed by atoms with Gasteiger partial charge in [-0.05, 0) is 92.6 Å². The molecule has 0 aromatic heterocycles. The molecular weight excluding hydrogens is 646 g/mol. The van der Waals surface area contributed by atoms with Gasteiger partial charge in [0.25, 0.3) is 0 Å². The van der Waals surface area contributed by atoms with Gasteiger partial charge >= 0.3 is 6.03 Å². The number of carbonyl (C=O) groups excluding carboxylic acids is 5. The number of ketones is 1. The van der Waals surface area contributed by atoms with Gasteiger partial charge in [0, 0.05) is 31.7 Å². The highest BCUT2D eigenvalue weighted by molar-refractivity contribution is 6.03. The van der Waals surface area contributed by atoms with Crippen molar-refractivity contribution in [3.63, 3.8) is 0 Å². The van der Waals surface area contributed by atoms with Crippen molar-refractivity contribution in [2.45, 2.75) is 150 Å². The van der Waals surface area contributed by atoms with Gasteiger partial charge < -0.3 is 31.5 Å². The number of hydrogen-bond acceptors (Lipinski definition) is 7. The fourth-order valence-electron chi connectivity index (χ4n) is 9.36. The lowest BCUT2D eigenvalue weighted by atomic mass is 9.66. The predicted octanol–water partition coefficient (Wildman–Crippen LogP) is 3.54. The van der Waals surface area contributed by atoms with Crippen LogP contribution in [0.4, 0.5) is 4.79 Å². The summed E-state index contributed by atoms with van der Waals surface area (Å²) in [4.78, 5) is 75.8. The maximum atomic E-state index is 14.8. The molecule has 3 aliphatic carbocycles. The van der Waals surface area contributed by atoms with Gasteiger partial charge in [0.2, 0.25) is 23.5 Å². The zero-order chi connectivity index (χ0) is 38.0. The van der Waals surface area contributed by atoms with Crippen LogP contribution in [0.5, 0.6) is 0 Å². The standard InChI is InChI=1S/C39H65N7O5/c1-22-19-45(20-23(2)44(22)11)33(49)30(36(3,4)5)42-35(51)43-31(37(6,7)8)34(50)46-21-39(16-12-15-38(39,9)10)18-27(46)32(48)41-26-17-24-13-14-25(24)28(40)29(26)47/h22-24,26-27,30-31H,12-21,40H2,1-11H3,(H,41,48)(H2,42,43,51)/t22-,23+,24?,26?,27-,30?,31?,39-/m0/s1. The molecule has 2 aliphatic heterocycles. The van der Waals surface area contributed by atoms with Crippen molar-refractivity contribution in [2.75, 3.05) is 26.7 Å². The molecule has 4 unspecified atom stereocenters. The fourth-order valence-corrected chi connectivity index (χ4v) is 9.36. The van der Waals surface area contributed by atoms with E-state index in [2.05, 4.69) is 55.6 Å². The van der Waals surface area contributed by atoms with Gasteiger partial charge in [0.1, 0.15) is 18.1 Å². The molecule has 51 heavy (non-hydrogen) atoms. The topological polar surface area (TPSA) is 157 Å². The first-order valence-electron chi connectivity index (χ1n) is 19.2. The minimum Gasteiger partial charge on any atom is -0.396 e. The Morgan fingerprint density at radius 3 is 1.96 bits per heavy atom. The number of piperazine rings is 1. The molecule has 2 heterocycles. The molecule has 5 N–H and O–H groups in total. The van der Waals surface area contributed by atoms with E-state index in [9.17, 15) is 24.0 Å². The molecule has 12 nitrogen and oxygen atoms in total. The van der Waals surface area contributed by atoms with Crippen molar-refractivity contribution in [1.29, 1.82) is 0 Å². The normalized spacial score (nSPS) is 32.3. The molecule has 5 aliphatic rings. The second kappa shape index (κ2) is 13.7. The molecule has 5 amide bonds. The van der Waals surface area contributed by atoms with Gasteiger partial charge in [-0.25, -0.2) is 4.79 Å². The fraction of sp³-hybridized carbons (Fsp3) is 0.821. The number of nitrogens with two attached hydrogens (primary N) is 1. The van der Waals surface area contributed by atoms with E-state index in [0.29, 0.717) is 32.5 Å².